The molecule has 2 atom stereocenters. The predicted molar refractivity (Wildman–Crippen MR) is 81.5 cm³/mol. The number of carbonyl (C=O) groups excluding carboxylic acids is 1. The van der Waals surface area contributed by atoms with Crippen LogP contribution in [-0.4, -0.2) is 18.6 Å². The molecule has 2 rings (SSSR count). The molecular weight excluding hydrogens is 364 g/mol. The highest BCUT2D eigenvalue weighted by Crippen LogP contribution is 2.38. The van der Waals surface area contributed by atoms with Crippen LogP contribution in [0.15, 0.2) is 18.2 Å². The van der Waals surface area contributed by atoms with E-state index in [1.165, 1.54) is 0 Å². The molecule has 1 aromatic rings. The first-order chi connectivity index (χ1) is 12.0. The van der Waals surface area contributed by atoms with Crippen LogP contribution < -0.4 is 10.1 Å². The van der Waals surface area contributed by atoms with Crippen molar-refractivity contribution < 1.29 is 35.9 Å². The molecule has 0 aromatic heterocycles. The van der Waals surface area contributed by atoms with Gasteiger partial charge in [-0.2, -0.15) is 26.3 Å². The zero-order valence-electron chi connectivity index (χ0n) is 14.0. The Balaban J connectivity index is 2.07. The molecule has 1 aromatic carbocycles. The first-order valence-corrected chi connectivity index (χ1v) is 8.18. The second-order valence-electron chi connectivity index (χ2n) is 6.47. The van der Waals surface area contributed by atoms with Crippen LogP contribution in [0.3, 0.4) is 0 Å². The van der Waals surface area contributed by atoms with Crippen molar-refractivity contribution >= 4 is 5.91 Å². The fraction of sp³-hybridized carbons (Fsp3) is 0.588. The van der Waals surface area contributed by atoms with Gasteiger partial charge in [0.15, 0.2) is 6.61 Å². The van der Waals surface area contributed by atoms with Crippen LogP contribution in [0.2, 0.25) is 0 Å². The molecule has 1 N–H and O–H groups in total. The van der Waals surface area contributed by atoms with Crippen molar-refractivity contribution in [3.8, 4) is 5.75 Å². The molecular formula is C17H19F6NO2. The summed E-state index contributed by atoms with van der Waals surface area (Å²) in [5.41, 5.74) is -2.97. The summed E-state index contributed by atoms with van der Waals surface area (Å²) in [7, 11) is 0. The number of amides is 1. The largest absolute Gasteiger partial charge is 0.484 e. The van der Waals surface area contributed by atoms with Crippen molar-refractivity contribution in [1.82, 2.24) is 5.32 Å². The fourth-order valence-corrected chi connectivity index (χ4v) is 2.94. The van der Waals surface area contributed by atoms with E-state index < -0.39 is 41.7 Å². The topological polar surface area (TPSA) is 38.3 Å². The van der Waals surface area contributed by atoms with Gasteiger partial charge >= 0.3 is 12.4 Å². The van der Waals surface area contributed by atoms with Gasteiger partial charge in [0, 0.05) is 6.04 Å². The standard InChI is InChI=1S/C17H19F6NO2/c1-10-4-2-3-5-14(10)24-15(25)9-26-13-7-11(16(18,19)20)6-12(8-13)17(21,22)23/h6-8,10,14H,2-5,9H2,1H3,(H,24,25)/t10-,14+/m1/s1. The second kappa shape index (κ2) is 7.75. The summed E-state index contributed by atoms with van der Waals surface area (Å²) in [6.45, 7) is 1.33. The van der Waals surface area contributed by atoms with E-state index in [-0.39, 0.29) is 18.0 Å². The van der Waals surface area contributed by atoms with E-state index >= 15 is 0 Å². The lowest BCUT2D eigenvalue weighted by molar-refractivity contribution is -0.143. The van der Waals surface area contributed by atoms with Crippen LogP contribution in [0.25, 0.3) is 0 Å². The van der Waals surface area contributed by atoms with Gasteiger partial charge in [0.25, 0.3) is 5.91 Å². The molecule has 0 spiro atoms. The first-order valence-electron chi connectivity index (χ1n) is 8.18. The van der Waals surface area contributed by atoms with Gasteiger partial charge in [-0.05, 0) is 37.0 Å². The molecule has 146 valence electrons. The van der Waals surface area contributed by atoms with Gasteiger partial charge < -0.3 is 10.1 Å². The van der Waals surface area contributed by atoms with Crippen molar-refractivity contribution in [2.45, 2.75) is 51.0 Å². The van der Waals surface area contributed by atoms with Crippen molar-refractivity contribution in [3.05, 3.63) is 29.3 Å². The summed E-state index contributed by atoms with van der Waals surface area (Å²) in [5.74, 6) is -0.966. The van der Waals surface area contributed by atoms with Crippen molar-refractivity contribution in [3.63, 3.8) is 0 Å². The van der Waals surface area contributed by atoms with Crippen LogP contribution in [0, 0.1) is 5.92 Å². The fourth-order valence-electron chi connectivity index (χ4n) is 2.94. The molecule has 3 nitrogen and oxygen atoms in total. The minimum Gasteiger partial charge on any atom is -0.484 e. The summed E-state index contributed by atoms with van der Waals surface area (Å²) < 4.78 is 81.6. The molecule has 0 heterocycles. The number of hydrogen-bond acceptors (Lipinski definition) is 2. The molecule has 1 fully saturated rings. The van der Waals surface area contributed by atoms with Crippen LogP contribution in [0.5, 0.6) is 5.75 Å². The Morgan fingerprint density at radius 1 is 1.04 bits per heavy atom. The minimum absolute atomic E-state index is 0.0106. The average molecular weight is 383 g/mol. The summed E-state index contributed by atoms with van der Waals surface area (Å²) in [6.07, 6.45) is -6.16. The maximum Gasteiger partial charge on any atom is 0.416 e. The first kappa shape index (κ1) is 20.4. The number of carbonyl (C=O) groups is 1. The molecule has 0 bridgehead atoms. The summed E-state index contributed by atoms with van der Waals surface area (Å²) >= 11 is 0. The Bertz CT molecular complexity index is 609. The molecule has 1 amide bonds. The third-order valence-electron chi connectivity index (χ3n) is 4.39. The van der Waals surface area contributed by atoms with Gasteiger partial charge in [0.1, 0.15) is 5.75 Å². The van der Waals surface area contributed by atoms with E-state index in [1.807, 2.05) is 6.92 Å². The van der Waals surface area contributed by atoms with E-state index in [0.29, 0.717) is 12.1 Å². The number of rotatable bonds is 4. The quantitative estimate of drug-likeness (QED) is 0.759. The Morgan fingerprint density at radius 3 is 2.08 bits per heavy atom. The van der Waals surface area contributed by atoms with E-state index in [4.69, 9.17) is 4.74 Å². The summed E-state index contributed by atoms with van der Waals surface area (Å²) in [6, 6.07) is 0.848. The number of halogens is 6. The highest BCUT2D eigenvalue weighted by molar-refractivity contribution is 5.77. The highest BCUT2D eigenvalue weighted by Gasteiger charge is 2.37. The second-order valence-corrected chi connectivity index (χ2v) is 6.47. The van der Waals surface area contributed by atoms with Gasteiger partial charge in [-0.1, -0.05) is 19.8 Å². The van der Waals surface area contributed by atoms with Gasteiger partial charge in [-0.15, -0.1) is 0 Å². The van der Waals surface area contributed by atoms with Crippen LogP contribution in [0.4, 0.5) is 26.3 Å². The Hall–Kier alpha value is -1.93. The molecule has 1 saturated carbocycles. The minimum atomic E-state index is -4.96. The lowest BCUT2D eigenvalue weighted by atomic mass is 9.86. The molecule has 1 aliphatic rings. The summed E-state index contributed by atoms with van der Waals surface area (Å²) in [5, 5.41) is 2.72. The van der Waals surface area contributed by atoms with E-state index in [0.717, 1.165) is 25.7 Å². The molecule has 26 heavy (non-hydrogen) atoms. The van der Waals surface area contributed by atoms with Gasteiger partial charge in [-0.3, -0.25) is 4.79 Å². The Labute approximate surface area is 146 Å². The zero-order chi connectivity index (χ0) is 19.5. The lowest BCUT2D eigenvalue weighted by Crippen LogP contribution is -2.43. The number of hydrogen-bond donors (Lipinski definition) is 1. The SMILES string of the molecule is C[C@@H]1CCCC[C@@H]1NC(=O)COc1cc(C(F)(F)F)cc(C(F)(F)F)c1. The normalized spacial score (nSPS) is 21.3. The third kappa shape index (κ3) is 5.54. The van der Waals surface area contributed by atoms with Crippen LogP contribution in [0.1, 0.15) is 43.7 Å². The summed E-state index contributed by atoms with van der Waals surface area (Å²) in [4.78, 5) is 11.9. The van der Waals surface area contributed by atoms with Gasteiger partial charge in [-0.25, -0.2) is 0 Å². The predicted octanol–water partition coefficient (Wildman–Crippen LogP) is 4.80. The van der Waals surface area contributed by atoms with Crippen LogP contribution >= 0.6 is 0 Å². The van der Waals surface area contributed by atoms with Crippen LogP contribution in [-0.2, 0) is 17.1 Å². The number of ether oxygens (including phenoxy) is 1. The smallest absolute Gasteiger partial charge is 0.416 e. The monoisotopic (exact) mass is 383 g/mol. The Morgan fingerprint density at radius 2 is 1.58 bits per heavy atom. The lowest BCUT2D eigenvalue weighted by Gasteiger charge is -2.29. The average Bonchev–Trinajstić information content (AvgIpc) is 2.53. The molecule has 0 radical (unpaired) electrons. The zero-order valence-corrected chi connectivity index (χ0v) is 14.0. The maximum absolute atomic E-state index is 12.8. The van der Waals surface area contributed by atoms with E-state index in [1.54, 1.807) is 0 Å². The number of benzene rings is 1. The van der Waals surface area contributed by atoms with E-state index in [2.05, 4.69) is 5.32 Å². The highest BCUT2D eigenvalue weighted by atomic mass is 19.4. The van der Waals surface area contributed by atoms with Crippen molar-refractivity contribution in [1.29, 1.82) is 0 Å². The third-order valence-corrected chi connectivity index (χ3v) is 4.39. The molecule has 0 unspecified atom stereocenters. The van der Waals surface area contributed by atoms with E-state index in [9.17, 15) is 31.1 Å². The van der Waals surface area contributed by atoms with Crippen molar-refractivity contribution in [2.75, 3.05) is 6.61 Å². The maximum atomic E-state index is 12.8. The van der Waals surface area contributed by atoms with Gasteiger partial charge in [0.05, 0.1) is 11.1 Å². The van der Waals surface area contributed by atoms with Gasteiger partial charge in [0.2, 0.25) is 0 Å². The molecule has 0 aliphatic heterocycles. The Kier molecular flexibility index (Phi) is 6.08. The molecule has 1 aliphatic carbocycles. The van der Waals surface area contributed by atoms with Crippen molar-refractivity contribution in [2.24, 2.45) is 5.92 Å². The number of alkyl halides is 6. The molecule has 0 saturated heterocycles. The molecule has 9 heteroatoms. The number of nitrogens with one attached hydrogen (secondary N) is 1.